The van der Waals surface area contributed by atoms with Gasteiger partial charge in [0.05, 0.1) is 4.88 Å². The van der Waals surface area contributed by atoms with Gasteiger partial charge in [0.25, 0.3) is 0 Å². The van der Waals surface area contributed by atoms with E-state index in [-0.39, 0.29) is 12.4 Å². The summed E-state index contributed by atoms with van der Waals surface area (Å²) in [6.07, 6.45) is -0.538. The summed E-state index contributed by atoms with van der Waals surface area (Å²) < 4.78 is 11.2. The SMILES string of the molecule is O=C(c1cccs1)C1COc2ccccc2O1. The zero-order valence-electron chi connectivity index (χ0n) is 8.96. The zero-order valence-corrected chi connectivity index (χ0v) is 9.78. The smallest absolute Gasteiger partial charge is 0.216 e. The Balaban J connectivity index is 1.83. The van der Waals surface area contributed by atoms with E-state index >= 15 is 0 Å². The Labute approximate surface area is 103 Å². The summed E-state index contributed by atoms with van der Waals surface area (Å²) in [6, 6.07) is 11.0. The molecule has 0 saturated carbocycles. The van der Waals surface area contributed by atoms with E-state index in [0.29, 0.717) is 16.4 Å². The first-order valence-corrected chi connectivity index (χ1v) is 6.19. The quantitative estimate of drug-likeness (QED) is 0.764. The number of ether oxygens (including phenoxy) is 2. The van der Waals surface area contributed by atoms with Crippen molar-refractivity contribution in [3.63, 3.8) is 0 Å². The fraction of sp³-hybridized carbons (Fsp3) is 0.154. The highest BCUT2D eigenvalue weighted by molar-refractivity contribution is 7.12. The van der Waals surface area contributed by atoms with Crippen molar-refractivity contribution in [2.45, 2.75) is 6.10 Å². The number of carbonyl (C=O) groups excluding carboxylic acids is 1. The van der Waals surface area contributed by atoms with E-state index in [1.165, 1.54) is 11.3 Å². The Bertz CT molecular complexity index is 533. The number of rotatable bonds is 2. The second-order valence-corrected chi connectivity index (χ2v) is 4.65. The Kier molecular flexibility index (Phi) is 2.57. The summed E-state index contributed by atoms with van der Waals surface area (Å²) in [5, 5.41) is 1.88. The van der Waals surface area contributed by atoms with Gasteiger partial charge in [-0.15, -0.1) is 11.3 Å². The van der Waals surface area contributed by atoms with Crippen LogP contribution in [0.25, 0.3) is 0 Å². The standard InChI is InChI=1S/C13H10O3S/c14-13(12-6-3-7-17-12)11-8-15-9-4-1-2-5-10(9)16-11/h1-7,11H,8H2. The third-order valence-corrected chi connectivity index (χ3v) is 3.45. The number of hydrogen-bond acceptors (Lipinski definition) is 4. The lowest BCUT2D eigenvalue weighted by Crippen LogP contribution is -2.36. The molecular formula is C13H10O3S. The predicted molar refractivity (Wildman–Crippen MR) is 65.0 cm³/mol. The highest BCUT2D eigenvalue weighted by Gasteiger charge is 2.28. The molecule has 0 bridgehead atoms. The van der Waals surface area contributed by atoms with Crippen molar-refractivity contribution in [2.24, 2.45) is 0 Å². The second-order valence-electron chi connectivity index (χ2n) is 3.71. The molecule has 0 saturated heterocycles. The molecule has 0 N–H and O–H groups in total. The molecule has 1 aliphatic heterocycles. The minimum Gasteiger partial charge on any atom is -0.485 e. The molecule has 1 atom stereocenters. The van der Waals surface area contributed by atoms with Crippen molar-refractivity contribution >= 4 is 17.1 Å². The van der Waals surface area contributed by atoms with Gasteiger partial charge in [-0.1, -0.05) is 18.2 Å². The van der Waals surface area contributed by atoms with Crippen LogP contribution in [0.1, 0.15) is 9.67 Å². The normalized spacial score (nSPS) is 17.8. The van der Waals surface area contributed by atoms with Gasteiger partial charge in [0.15, 0.2) is 17.6 Å². The molecule has 3 rings (SSSR count). The Morgan fingerprint density at radius 2 is 2.00 bits per heavy atom. The van der Waals surface area contributed by atoms with E-state index in [4.69, 9.17) is 9.47 Å². The lowest BCUT2D eigenvalue weighted by molar-refractivity contribution is 0.0590. The minimum atomic E-state index is -0.538. The van der Waals surface area contributed by atoms with Crippen LogP contribution in [0.3, 0.4) is 0 Å². The average Bonchev–Trinajstić information content (AvgIpc) is 2.91. The highest BCUT2D eigenvalue weighted by atomic mass is 32.1. The van der Waals surface area contributed by atoms with E-state index in [1.807, 2.05) is 35.7 Å². The largest absolute Gasteiger partial charge is 0.485 e. The molecule has 3 nitrogen and oxygen atoms in total. The molecule has 2 heterocycles. The molecular weight excluding hydrogens is 236 g/mol. The molecule has 0 aliphatic carbocycles. The summed E-state index contributed by atoms with van der Waals surface area (Å²) >= 11 is 1.42. The van der Waals surface area contributed by atoms with Gasteiger partial charge in [-0.3, -0.25) is 4.79 Å². The van der Waals surface area contributed by atoms with Gasteiger partial charge >= 0.3 is 0 Å². The van der Waals surface area contributed by atoms with E-state index in [0.717, 1.165) is 0 Å². The van der Waals surface area contributed by atoms with E-state index in [9.17, 15) is 4.79 Å². The summed E-state index contributed by atoms with van der Waals surface area (Å²) in [5.41, 5.74) is 0. The van der Waals surface area contributed by atoms with Crippen LogP contribution in [0, 0.1) is 0 Å². The van der Waals surface area contributed by atoms with Crippen molar-refractivity contribution in [3.8, 4) is 11.5 Å². The van der Waals surface area contributed by atoms with Crippen molar-refractivity contribution in [3.05, 3.63) is 46.7 Å². The molecule has 0 radical (unpaired) electrons. The molecule has 1 aliphatic rings. The maximum absolute atomic E-state index is 12.1. The van der Waals surface area contributed by atoms with Crippen molar-refractivity contribution in [1.82, 2.24) is 0 Å². The van der Waals surface area contributed by atoms with Crippen LogP contribution in [0.15, 0.2) is 41.8 Å². The number of carbonyl (C=O) groups is 1. The molecule has 1 aromatic carbocycles. The van der Waals surface area contributed by atoms with Gasteiger partial charge < -0.3 is 9.47 Å². The lowest BCUT2D eigenvalue weighted by atomic mass is 10.2. The first kappa shape index (κ1) is 10.4. The van der Waals surface area contributed by atoms with Crippen LogP contribution in [0.5, 0.6) is 11.5 Å². The van der Waals surface area contributed by atoms with E-state index in [2.05, 4.69) is 0 Å². The molecule has 0 fully saturated rings. The maximum Gasteiger partial charge on any atom is 0.216 e. The van der Waals surface area contributed by atoms with Crippen LogP contribution in [0.4, 0.5) is 0 Å². The number of fused-ring (bicyclic) bond motifs is 1. The molecule has 4 heteroatoms. The molecule has 2 aromatic rings. The van der Waals surface area contributed by atoms with Crippen LogP contribution in [-0.2, 0) is 0 Å². The van der Waals surface area contributed by atoms with Gasteiger partial charge in [0.1, 0.15) is 6.61 Å². The monoisotopic (exact) mass is 246 g/mol. The predicted octanol–water partition coefficient (Wildman–Crippen LogP) is 2.77. The van der Waals surface area contributed by atoms with Gasteiger partial charge in [-0.2, -0.15) is 0 Å². The number of thiophene rings is 1. The van der Waals surface area contributed by atoms with Gasteiger partial charge in [0, 0.05) is 0 Å². The third-order valence-electron chi connectivity index (χ3n) is 2.57. The second kappa shape index (κ2) is 4.22. The Morgan fingerprint density at radius 3 is 2.76 bits per heavy atom. The Morgan fingerprint density at radius 1 is 1.18 bits per heavy atom. The van der Waals surface area contributed by atoms with Crippen molar-refractivity contribution in [1.29, 1.82) is 0 Å². The number of para-hydroxylation sites is 2. The lowest BCUT2D eigenvalue weighted by Gasteiger charge is -2.24. The number of benzene rings is 1. The van der Waals surface area contributed by atoms with Crippen molar-refractivity contribution < 1.29 is 14.3 Å². The van der Waals surface area contributed by atoms with Crippen LogP contribution < -0.4 is 9.47 Å². The summed E-state index contributed by atoms with van der Waals surface area (Å²) in [7, 11) is 0. The topological polar surface area (TPSA) is 35.5 Å². The maximum atomic E-state index is 12.1. The molecule has 0 amide bonds. The van der Waals surface area contributed by atoms with Crippen LogP contribution >= 0.6 is 11.3 Å². The first-order chi connectivity index (χ1) is 8.34. The highest BCUT2D eigenvalue weighted by Crippen LogP contribution is 2.31. The molecule has 1 aromatic heterocycles. The van der Waals surface area contributed by atoms with E-state index in [1.54, 1.807) is 6.07 Å². The molecule has 0 spiro atoms. The van der Waals surface area contributed by atoms with Gasteiger partial charge in [0.2, 0.25) is 5.78 Å². The zero-order chi connectivity index (χ0) is 11.7. The van der Waals surface area contributed by atoms with Gasteiger partial charge in [-0.05, 0) is 23.6 Å². The number of hydrogen-bond donors (Lipinski definition) is 0. The van der Waals surface area contributed by atoms with Crippen LogP contribution in [-0.4, -0.2) is 18.5 Å². The summed E-state index contributed by atoms with van der Waals surface area (Å²) in [4.78, 5) is 12.8. The summed E-state index contributed by atoms with van der Waals surface area (Å²) in [5.74, 6) is 1.31. The minimum absolute atomic E-state index is 0.0190. The fourth-order valence-corrected chi connectivity index (χ4v) is 2.43. The average molecular weight is 246 g/mol. The van der Waals surface area contributed by atoms with Gasteiger partial charge in [-0.25, -0.2) is 0 Å². The molecule has 17 heavy (non-hydrogen) atoms. The molecule has 86 valence electrons. The third kappa shape index (κ3) is 1.91. The Hall–Kier alpha value is -1.81. The van der Waals surface area contributed by atoms with Crippen LogP contribution in [0.2, 0.25) is 0 Å². The van der Waals surface area contributed by atoms with Crippen molar-refractivity contribution in [2.75, 3.05) is 6.61 Å². The first-order valence-electron chi connectivity index (χ1n) is 5.31. The van der Waals surface area contributed by atoms with E-state index < -0.39 is 6.10 Å². The molecule has 1 unspecified atom stereocenters. The number of ketones is 1. The fourth-order valence-electron chi connectivity index (χ4n) is 1.73. The summed E-state index contributed by atoms with van der Waals surface area (Å²) in [6.45, 7) is 0.272. The number of Topliss-reactive ketones (excluding diaryl/α,β-unsaturated/α-hetero) is 1.